The molecule has 0 radical (unpaired) electrons. The highest BCUT2D eigenvalue weighted by Crippen LogP contribution is 2.27. The molecule has 7 heteroatoms. The number of hydrogen-bond acceptors (Lipinski definition) is 5. The van der Waals surface area contributed by atoms with Crippen LogP contribution in [0.2, 0.25) is 0 Å². The van der Waals surface area contributed by atoms with E-state index in [0.717, 1.165) is 28.1 Å². The number of hydrogen-bond donors (Lipinski definition) is 1. The molecule has 148 valence electrons. The molecular formula is C22H22N4O2S. The van der Waals surface area contributed by atoms with E-state index in [1.165, 1.54) is 17.1 Å². The van der Waals surface area contributed by atoms with Gasteiger partial charge in [-0.15, -0.1) is 10.2 Å². The number of aryl methyl sites for hydroxylation is 1. The Bertz CT molecular complexity index is 1160. The Hall–Kier alpha value is -3.06. The number of carbonyl (C=O) groups is 1. The summed E-state index contributed by atoms with van der Waals surface area (Å²) < 4.78 is 7.22. The maximum Gasteiger partial charge on any atom is 0.230 e. The van der Waals surface area contributed by atoms with Gasteiger partial charge < -0.3 is 14.3 Å². The third-order valence-corrected chi connectivity index (χ3v) is 5.95. The van der Waals surface area contributed by atoms with E-state index in [0.29, 0.717) is 5.16 Å². The van der Waals surface area contributed by atoms with Gasteiger partial charge in [0.2, 0.25) is 5.91 Å². The molecule has 6 nitrogen and oxygen atoms in total. The van der Waals surface area contributed by atoms with E-state index in [4.69, 9.17) is 4.42 Å². The molecule has 4 aromatic rings. The summed E-state index contributed by atoms with van der Waals surface area (Å²) in [6.45, 7) is 3.89. The Morgan fingerprint density at radius 1 is 1.17 bits per heavy atom. The third kappa shape index (κ3) is 3.91. The minimum atomic E-state index is -0.0853. The van der Waals surface area contributed by atoms with Crippen LogP contribution in [0.25, 0.3) is 22.2 Å². The molecule has 0 aliphatic carbocycles. The molecule has 0 spiro atoms. The summed E-state index contributed by atoms with van der Waals surface area (Å²) in [6, 6.07) is 16.1. The second-order valence-electron chi connectivity index (χ2n) is 6.90. The highest BCUT2D eigenvalue weighted by atomic mass is 32.2. The summed E-state index contributed by atoms with van der Waals surface area (Å²) in [5, 5.41) is 14.6. The van der Waals surface area contributed by atoms with Crippen molar-refractivity contribution in [2.45, 2.75) is 25.0 Å². The molecule has 2 aromatic carbocycles. The lowest BCUT2D eigenvalue weighted by Gasteiger charge is -2.16. The second kappa shape index (κ2) is 8.13. The van der Waals surface area contributed by atoms with Gasteiger partial charge in [-0.05, 0) is 36.2 Å². The molecule has 0 aliphatic heterocycles. The molecule has 1 N–H and O–H groups in total. The number of carbonyl (C=O) groups excluding carboxylic acids is 1. The van der Waals surface area contributed by atoms with E-state index in [2.05, 4.69) is 39.8 Å². The van der Waals surface area contributed by atoms with Gasteiger partial charge in [-0.3, -0.25) is 4.79 Å². The first-order valence-corrected chi connectivity index (χ1v) is 10.4. The lowest BCUT2D eigenvalue weighted by Crippen LogP contribution is -2.28. The van der Waals surface area contributed by atoms with Crippen LogP contribution >= 0.6 is 11.8 Å². The number of furan rings is 1. The summed E-state index contributed by atoms with van der Waals surface area (Å²) in [4.78, 5) is 12.5. The number of thioether (sulfide) groups is 1. The average molecular weight is 407 g/mol. The first-order valence-electron chi connectivity index (χ1n) is 9.38. The molecule has 0 unspecified atom stereocenters. The largest absolute Gasteiger partial charge is 0.469 e. The van der Waals surface area contributed by atoms with Crippen molar-refractivity contribution in [3.8, 4) is 11.4 Å². The van der Waals surface area contributed by atoms with Crippen LogP contribution in [0.5, 0.6) is 0 Å². The number of nitrogens with one attached hydrogen (secondary N) is 1. The van der Waals surface area contributed by atoms with Gasteiger partial charge in [-0.2, -0.15) is 0 Å². The number of nitrogens with zero attached hydrogens (tertiary/aromatic N) is 3. The molecular weight excluding hydrogens is 384 g/mol. The fourth-order valence-electron chi connectivity index (χ4n) is 3.41. The first kappa shape index (κ1) is 19.3. The van der Waals surface area contributed by atoms with Crippen LogP contribution in [0, 0.1) is 6.92 Å². The Balaban J connectivity index is 1.42. The van der Waals surface area contributed by atoms with Crippen LogP contribution in [0.15, 0.2) is 64.4 Å². The van der Waals surface area contributed by atoms with E-state index < -0.39 is 0 Å². The zero-order valence-electron chi connectivity index (χ0n) is 16.5. The minimum absolute atomic E-state index is 0.0422. The molecule has 0 bridgehead atoms. The normalized spacial score (nSPS) is 12.2. The minimum Gasteiger partial charge on any atom is -0.469 e. The highest BCUT2D eigenvalue weighted by molar-refractivity contribution is 7.99. The highest BCUT2D eigenvalue weighted by Gasteiger charge is 2.17. The van der Waals surface area contributed by atoms with Crippen molar-refractivity contribution >= 4 is 28.4 Å². The quantitative estimate of drug-likeness (QED) is 0.477. The van der Waals surface area contributed by atoms with Gasteiger partial charge in [-0.1, -0.05) is 54.2 Å². The van der Waals surface area contributed by atoms with Crippen LogP contribution in [0.1, 0.15) is 24.3 Å². The van der Waals surface area contributed by atoms with E-state index in [9.17, 15) is 4.79 Å². The smallest absolute Gasteiger partial charge is 0.230 e. The summed E-state index contributed by atoms with van der Waals surface area (Å²) >= 11 is 1.37. The lowest BCUT2D eigenvalue weighted by atomic mass is 10.00. The van der Waals surface area contributed by atoms with Crippen LogP contribution in [-0.2, 0) is 11.8 Å². The van der Waals surface area contributed by atoms with E-state index in [-0.39, 0.29) is 17.7 Å². The Kier molecular flexibility index (Phi) is 5.40. The summed E-state index contributed by atoms with van der Waals surface area (Å²) in [5.74, 6) is 1.74. The predicted octanol–water partition coefficient (Wildman–Crippen LogP) is 4.51. The van der Waals surface area contributed by atoms with Crippen molar-refractivity contribution in [2.75, 3.05) is 5.75 Å². The van der Waals surface area contributed by atoms with Gasteiger partial charge in [-0.25, -0.2) is 0 Å². The monoisotopic (exact) mass is 406 g/mol. The van der Waals surface area contributed by atoms with Crippen LogP contribution in [0.3, 0.4) is 0 Å². The molecule has 0 fully saturated rings. The van der Waals surface area contributed by atoms with Crippen LogP contribution in [-0.4, -0.2) is 26.4 Å². The van der Waals surface area contributed by atoms with Crippen molar-refractivity contribution in [1.82, 2.24) is 20.1 Å². The second-order valence-corrected chi connectivity index (χ2v) is 7.84. The molecule has 1 amide bonds. The Labute approximate surface area is 173 Å². The number of rotatable bonds is 6. The number of amides is 1. The predicted molar refractivity (Wildman–Crippen MR) is 115 cm³/mol. The summed E-state index contributed by atoms with van der Waals surface area (Å²) in [5.41, 5.74) is 2.01. The van der Waals surface area contributed by atoms with Gasteiger partial charge in [0.15, 0.2) is 11.0 Å². The summed E-state index contributed by atoms with van der Waals surface area (Å²) in [6.07, 6.45) is 1.63. The molecule has 0 saturated heterocycles. The maximum absolute atomic E-state index is 12.5. The Morgan fingerprint density at radius 3 is 2.76 bits per heavy atom. The van der Waals surface area contributed by atoms with Gasteiger partial charge in [0.25, 0.3) is 0 Å². The van der Waals surface area contributed by atoms with Gasteiger partial charge in [0.05, 0.1) is 23.6 Å². The van der Waals surface area contributed by atoms with E-state index in [1.807, 2.05) is 49.7 Å². The van der Waals surface area contributed by atoms with Crippen molar-refractivity contribution < 1.29 is 9.21 Å². The molecule has 1 atom stereocenters. The van der Waals surface area contributed by atoms with Crippen molar-refractivity contribution in [1.29, 1.82) is 0 Å². The standard InChI is InChI=1S/C22H22N4O2S/c1-14(17-10-6-8-16-7-4-5-9-19(16)17)23-20(27)13-29-22-25-24-21(26(22)3)18-11-12-28-15(18)2/h4-12,14H,13H2,1-3H3,(H,23,27)/t14-/m1/s1. The molecule has 2 heterocycles. The van der Waals surface area contributed by atoms with Gasteiger partial charge in [0, 0.05) is 7.05 Å². The summed E-state index contributed by atoms with van der Waals surface area (Å²) in [7, 11) is 1.89. The van der Waals surface area contributed by atoms with Crippen molar-refractivity contribution in [3.63, 3.8) is 0 Å². The third-order valence-electron chi connectivity index (χ3n) is 4.93. The topological polar surface area (TPSA) is 72.9 Å². The number of benzene rings is 2. The molecule has 0 saturated carbocycles. The maximum atomic E-state index is 12.5. The van der Waals surface area contributed by atoms with Crippen LogP contribution in [0.4, 0.5) is 0 Å². The van der Waals surface area contributed by atoms with Crippen LogP contribution < -0.4 is 5.32 Å². The average Bonchev–Trinajstić information content (AvgIpc) is 3.30. The lowest BCUT2D eigenvalue weighted by molar-refractivity contribution is -0.119. The van der Waals surface area contributed by atoms with Gasteiger partial charge in [0.1, 0.15) is 5.76 Å². The Morgan fingerprint density at radius 2 is 1.97 bits per heavy atom. The van der Waals surface area contributed by atoms with Crippen molar-refractivity contribution in [2.24, 2.45) is 7.05 Å². The zero-order chi connectivity index (χ0) is 20.4. The molecule has 29 heavy (non-hydrogen) atoms. The fourth-order valence-corrected chi connectivity index (χ4v) is 4.13. The van der Waals surface area contributed by atoms with Crippen molar-refractivity contribution in [3.05, 3.63) is 66.1 Å². The number of fused-ring (bicyclic) bond motifs is 1. The number of aromatic nitrogens is 3. The van der Waals surface area contributed by atoms with Gasteiger partial charge >= 0.3 is 0 Å². The molecule has 0 aliphatic rings. The fraction of sp³-hybridized carbons (Fsp3) is 0.227. The van der Waals surface area contributed by atoms with E-state index in [1.54, 1.807) is 6.26 Å². The van der Waals surface area contributed by atoms with E-state index >= 15 is 0 Å². The molecule has 4 rings (SSSR count). The zero-order valence-corrected chi connectivity index (χ0v) is 17.4. The first-order chi connectivity index (χ1) is 14.0. The SMILES string of the molecule is Cc1occc1-c1nnc(SCC(=O)N[C@H](C)c2cccc3ccccc23)n1C. The molecule has 2 aromatic heterocycles.